The van der Waals surface area contributed by atoms with Crippen molar-refractivity contribution in [2.75, 3.05) is 19.6 Å². The van der Waals surface area contributed by atoms with E-state index in [9.17, 15) is 0 Å². The minimum atomic E-state index is 0.697. The van der Waals surface area contributed by atoms with E-state index in [0.29, 0.717) is 6.04 Å². The highest BCUT2D eigenvalue weighted by Crippen LogP contribution is 2.24. The van der Waals surface area contributed by atoms with Gasteiger partial charge in [0.25, 0.3) is 0 Å². The number of rotatable bonds is 3. The van der Waals surface area contributed by atoms with E-state index in [-0.39, 0.29) is 0 Å². The summed E-state index contributed by atoms with van der Waals surface area (Å²) in [5.41, 5.74) is 3.94. The molecule has 5 rings (SSSR count). The van der Waals surface area contributed by atoms with E-state index in [4.69, 9.17) is 0 Å². The molecule has 4 nitrogen and oxygen atoms in total. The first-order valence-electron chi connectivity index (χ1n) is 8.33. The quantitative estimate of drug-likeness (QED) is 0.944. The number of nitrogens with one attached hydrogen (secondary N) is 1. The highest BCUT2D eigenvalue weighted by Gasteiger charge is 2.28. The maximum absolute atomic E-state index is 4.31. The number of hydrogen-bond donors (Lipinski definition) is 1. The van der Waals surface area contributed by atoms with Crippen LogP contribution in [0.15, 0.2) is 36.7 Å². The van der Waals surface area contributed by atoms with Gasteiger partial charge in [-0.3, -0.25) is 4.90 Å². The summed E-state index contributed by atoms with van der Waals surface area (Å²) in [6.07, 6.45) is 6.56. The van der Waals surface area contributed by atoms with Crippen LogP contribution < -0.4 is 5.32 Å². The van der Waals surface area contributed by atoms with Gasteiger partial charge in [0.1, 0.15) is 0 Å². The number of piperidine rings is 1. The molecule has 1 aromatic carbocycles. The molecule has 3 aliphatic rings. The molecule has 0 saturated carbocycles. The number of aromatic nitrogens is 2. The van der Waals surface area contributed by atoms with Gasteiger partial charge in [-0.05, 0) is 61.6 Å². The van der Waals surface area contributed by atoms with Gasteiger partial charge in [-0.1, -0.05) is 6.07 Å². The summed E-state index contributed by atoms with van der Waals surface area (Å²) in [6, 6.07) is 9.35. The third-order valence-electron chi connectivity index (χ3n) is 5.10. The molecule has 0 radical (unpaired) electrons. The van der Waals surface area contributed by atoms with Gasteiger partial charge >= 0.3 is 0 Å². The van der Waals surface area contributed by atoms with Crippen LogP contribution in [0.25, 0.3) is 5.69 Å². The number of nitrogens with zero attached hydrogens (tertiary/aromatic N) is 3. The Labute approximate surface area is 132 Å². The molecule has 2 atom stereocenters. The molecule has 0 unspecified atom stereocenters. The van der Waals surface area contributed by atoms with Crippen LogP contribution in [-0.2, 0) is 6.54 Å². The lowest BCUT2D eigenvalue weighted by Crippen LogP contribution is -2.39. The van der Waals surface area contributed by atoms with Crippen molar-refractivity contribution in [1.82, 2.24) is 20.0 Å². The minimum absolute atomic E-state index is 0.697. The summed E-state index contributed by atoms with van der Waals surface area (Å²) in [7, 11) is 0. The normalized spacial score (nSPS) is 25.3. The van der Waals surface area contributed by atoms with Crippen LogP contribution in [0.1, 0.15) is 24.0 Å². The Kier molecular flexibility index (Phi) is 3.72. The zero-order valence-electron chi connectivity index (χ0n) is 13.2. The van der Waals surface area contributed by atoms with Gasteiger partial charge in [-0.25, -0.2) is 4.68 Å². The zero-order valence-corrected chi connectivity index (χ0v) is 13.2. The summed E-state index contributed by atoms with van der Waals surface area (Å²) in [6.45, 7) is 6.92. The number of benzene rings is 1. The molecule has 116 valence electrons. The van der Waals surface area contributed by atoms with Crippen LogP contribution in [0.3, 0.4) is 0 Å². The van der Waals surface area contributed by atoms with Gasteiger partial charge in [0.15, 0.2) is 0 Å². The van der Waals surface area contributed by atoms with Crippen molar-refractivity contribution >= 4 is 0 Å². The van der Waals surface area contributed by atoms with Gasteiger partial charge in [0.2, 0.25) is 0 Å². The van der Waals surface area contributed by atoms with Crippen molar-refractivity contribution in [2.45, 2.75) is 32.4 Å². The Morgan fingerprint density at radius 2 is 2.23 bits per heavy atom. The van der Waals surface area contributed by atoms with Crippen molar-refractivity contribution in [3.63, 3.8) is 0 Å². The second-order valence-corrected chi connectivity index (χ2v) is 6.80. The van der Waals surface area contributed by atoms with Gasteiger partial charge in [0, 0.05) is 38.1 Å². The first-order valence-corrected chi connectivity index (χ1v) is 8.33. The van der Waals surface area contributed by atoms with Crippen LogP contribution in [0.2, 0.25) is 0 Å². The molecular weight excluding hydrogens is 272 g/mol. The third kappa shape index (κ3) is 2.81. The molecular formula is C18H24N4. The maximum atomic E-state index is 4.31. The van der Waals surface area contributed by atoms with E-state index < -0.39 is 0 Å². The molecule has 0 aliphatic carbocycles. The Morgan fingerprint density at radius 1 is 1.27 bits per heavy atom. The Morgan fingerprint density at radius 3 is 2.95 bits per heavy atom. The summed E-state index contributed by atoms with van der Waals surface area (Å²) in [5.74, 6) is 0.836. The fraction of sp³-hybridized carbons (Fsp3) is 0.500. The van der Waals surface area contributed by atoms with Crippen LogP contribution in [-0.4, -0.2) is 40.4 Å². The summed E-state index contributed by atoms with van der Waals surface area (Å²) >= 11 is 0. The predicted molar refractivity (Wildman–Crippen MR) is 88.1 cm³/mol. The Balaban J connectivity index is 1.51. The van der Waals surface area contributed by atoms with E-state index in [2.05, 4.69) is 40.4 Å². The number of fused-ring (bicyclic) bond motifs is 4. The molecule has 4 heteroatoms. The lowest BCUT2D eigenvalue weighted by molar-refractivity contribution is 0.255. The van der Waals surface area contributed by atoms with Crippen molar-refractivity contribution in [1.29, 1.82) is 0 Å². The van der Waals surface area contributed by atoms with Crippen LogP contribution in [0, 0.1) is 12.8 Å². The third-order valence-corrected chi connectivity index (χ3v) is 5.10. The Bertz CT molecular complexity index is 613. The summed E-state index contributed by atoms with van der Waals surface area (Å²) in [5, 5.41) is 8.00. The minimum Gasteiger partial charge on any atom is -0.312 e. The van der Waals surface area contributed by atoms with E-state index in [1.54, 1.807) is 0 Å². The number of aryl methyl sites for hydroxylation is 1. The molecule has 2 bridgehead atoms. The summed E-state index contributed by atoms with van der Waals surface area (Å²) < 4.78 is 1.92. The standard InChI is InChI=1S/C18H24N4/c1-14-9-18(22-8-2-7-20-22)6-4-16(14)12-21-11-15-3-5-17(13-21)19-10-15/h2,4,6-9,15,17,19H,3,5,10-13H2,1H3/t15-,17-/m0/s1. The SMILES string of the molecule is Cc1cc(-n2cccn2)ccc1CN1C[C@H]2CC[C@@H](C1)NC2. The molecule has 1 N–H and O–H groups in total. The molecule has 4 heterocycles. The maximum Gasteiger partial charge on any atom is 0.0648 e. The van der Waals surface area contributed by atoms with Crippen LogP contribution in [0.4, 0.5) is 0 Å². The van der Waals surface area contributed by atoms with Gasteiger partial charge in [0.05, 0.1) is 5.69 Å². The van der Waals surface area contributed by atoms with E-state index >= 15 is 0 Å². The van der Waals surface area contributed by atoms with Crippen LogP contribution in [0.5, 0.6) is 0 Å². The first-order chi connectivity index (χ1) is 10.8. The van der Waals surface area contributed by atoms with E-state index in [1.807, 2.05) is 23.1 Å². The molecule has 0 spiro atoms. The van der Waals surface area contributed by atoms with Crippen LogP contribution >= 0.6 is 0 Å². The van der Waals surface area contributed by atoms with Gasteiger partial charge in [-0.2, -0.15) is 5.10 Å². The fourth-order valence-corrected chi connectivity index (χ4v) is 3.83. The molecule has 22 heavy (non-hydrogen) atoms. The molecule has 3 fully saturated rings. The second kappa shape index (κ2) is 5.86. The second-order valence-electron chi connectivity index (χ2n) is 6.80. The smallest absolute Gasteiger partial charge is 0.0648 e. The fourth-order valence-electron chi connectivity index (χ4n) is 3.83. The molecule has 2 aromatic rings. The predicted octanol–water partition coefficient (Wildman–Crippen LogP) is 2.36. The number of hydrogen-bond acceptors (Lipinski definition) is 3. The average Bonchev–Trinajstić information content (AvgIpc) is 2.91. The zero-order chi connectivity index (χ0) is 14.9. The lowest BCUT2D eigenvalue weighted by Gasteiger charge is -2.23. The summed E-state index contributed by atoms with van der Waals surface area (Å²) in [4.78, 5) is 2.64. The average molecular weight is 296 g/mol. The monoisotopic (exact) mass is 296 g/mol. The lowest BCUT2D eigenvalue weighted by atomic mass is 9.97. The van der Waals surface area contributed by atoms with E-state index in [0.717, 1.165) is 18.2 Å². The highest BCUT2D eigenvalue weighted by atomic mass is 15.3. The Hall–Kier alpha value is -1.65. The molecule has 3 saturated heterocycles. The van der Waals surface area contributed by atoms with Crippen molar-refractivity contribution in [3.8, 4) is 5.69 Å². The topological polar surface area (TPSA) is 33.1 Å². The van der Waals surface area contributed by atoms with Gasteiger partial charge < -0.3 is 5.32 Å². The molecule has 3 aliphatic heterocycles. The highest BCUT2D eigenvalue weighted by molar-refractivity contribution is 5.39. The van der Waals surface area contributed by atoms with Crippen molar-refractivity contribution in [3.05, 3.63) is 47.8 Å². The van der Waals surface area contributed by atoms with Crippen molar-refractivity contribution < 1.29 is 0 Å². The van der Waals surface area contributed by atoms with Crippen molar-refractivity contribution in [2.24, 2.45) is 5.92 Å². The largest absolute Gasteiger partial charge is 0.312 e. The van der Waals surface area contributed by atoms with E-state index in [1.165, 1.54) is 43.6 Å². The molecule has 1 aromatic heterocycles. The molecule has 0 amide bonds. The first kappa shape index (κ1) is 14.0. The van der Waals surface area contributed by atoms with Gasteiger partial charge in [-0.15, -0.1) is 0 Å².